The Balaban J connectivity index is 1.55. The molecule has 0 bridgehead atoms. The van der Waals surface area contributed by atoms with Crippen molar-refractivity contribution >= 4 is 51.9 Å². The van der Waals surface area contributed by atoms with Gasteiger partial charge in [-0.15, -0.1) is 0 Å². The number of furan rings is 1. The highest BCUT2D eigenvalue weighted by Gasteiger charge is 2.32. The van der Waals surface area contributed by atoms with Crippen molar-refractivity contribution in [2.45, 2.75) is 25.7 Å². The Morgan fingerprint density at radius 3 is 2.41 bits per heavy atom. The molecule has 1 aliphatic carbocycles. The molecule has 0 radical (unpaired) electrons. The number of pyridine rings is 2. The summed E-state index contributed by atoms with van der Waals surface area (Å²) in [5, 5.41) is 5.68. The molecular weight excluding hydrogens is 465 g/mol. The van der Waals surface area contributed by atoms with Crippen molar-refractivity contribution in [2.24, 2.45) is 11.8 Å². The SMILES string of the molecule is CN(C)C(=O)C1CCC(C(=O)Nc2c(C(=O)Nc3ccc(Cl)cn3)oc3ccc(F)nc23)CC1. The van der Waals surface area contributed by atoms with Gasteiger partial charge in [-0.3, -0.25) is 14.4 Å². The lowest BCUT2D eigenvalue weighted by Gasteiger charge is -2.28. The number of amides is 3. The zero-order chi connectivity index (χ0) is 24.4. The number of anilines is 2. The van der Waals surface area contributed by atoms with Gasteiger partial charge < -0.3 is 20.0 Å². The highest BCUT2D eigenvalue weighted by molar-refractivity contribution is 6.30. The standard InChI is InChI=1S/C23H23ClFN5O4/c1-30(2)23(33)13-5-3-12(4-6-13)21(31)29-19-18-15(8-9-16(25)27-18)34-20(19)22(32)28-17-10-7-14(24)11-26-17/h7-13H,3-6H2,1-2H3,(H,29,31)(H,26,28,32). The topological polar surface area (TPSA) is 117 Å². The van der Waals surface area contributed by atoms with Crippen molar-refractivity contribution in [3.05, 3.63) is 47.2 Å². The molecule has 0 saturated heterocycles. The number of aromatic nitrogens is 2. The number of carbonyl (C=O) groups is 3. The molecule has 3 heterocycles. The van der Waals surface area contributed by atoms with Gasteiger partial charge in [0.2, 0.25) is 23.5 Å². The predicted molar refractivity (Wildman–Crippen MR) is 124 cm³/mol. The van der Waals surface area contributed by atoms with Gasteiger partial charge in [0.05, 0.1) is 5.02 Å². The molecule has 0 aromatic carbocycles. The van der Waals surface area contributed by atoms with Crippen molar-refractivity contribution in [3.63, 3.8) is 0 Å². The molecule has 0 aliphatic heterocycles. The number of hydrogen-bond donors (Lipinski definition) is 2. The predicted octanol–water partition coefficient (Wildman–Crippen LogP) is 4.10. The lowest BCUT2D eigenvalue weighted by molar-refractivity contribution is -0.135. The first-order valence-electron chi connectivity index (χ1n) is 10.8. The Kier molecular flexibility index (Phi) is 6.78. The van der Waals surface area contributed by atoms with Crippen LogP contribution in [-0.2, 0) is 9.59 Å². The minimum Gasteiger partial charge on any atom is -0.447 e. The molecule has 3 aromatic heterocycles. The van der Waals surface area contributed by atoms with Crippen LogP contribution < -0.4 is 10.6 Å². The summed E-state index contributed by atoms with van der Waals surface area (Å²) in [5.74, 6) is -2.25. The number of halogens is 2. The van der Waals surface area contributed by atoms with Crippen molar-refractivity contribution in [1.82, 2.24) is 14.9 Å². The number of nitrogens with zero attached hydrogens (tertiary/aromatic N) is 3. The molecule has 0 spiro atoms. The van der Waals surface area contributed by atoms with E-state index in [2.05, 4.69) is 20.6 Å². The first kappa shape index (κ1) is 23.6. The van der Waals surface area contributed by atoms with E-state index in [0.717, 1.165) is 6.07 Å². The van der Waals surface area contributed by atoms with Gasteiger partial charge in [-0.05, 0) is 49.9 Å². The Bertz CT molecular complexity index is 1240. The Labute approximate surface area is 199 Å². The van der Waals surface area contributed by atoms with Crippen LogP contribution in [0.4, 0.5) is 15.9 Å². The number of rotatable bonds is 5. The van der Waals surface area contributed by atoms with Crippen molar-refractivity contribution < 1.29 is 23.2 Å². The third-order valence-electron chi connectivity index (χ3n) is 5.81. The van der Waals surface area contributed by atoms with E-state index in [1.807, 2.05) is 0 Å². The summed E-state index contributed by atoms with van der Waals surface area (Å²) >= 11 is 5.83. The zero-order valence-electron chi connectivity index (χ0n) is 18.6. The lowest BCUT2D eigenvalue weighted by Crippen LogP contribution is -2.35. The van der Waals surface area contributed by atoms with Crippen LogP contribution in [0.5, 0.6) is 0 Å². The van der Waals surface area contributed by atoms with E-state index in [4.69, 9.17) is 16.0 Å². The maximum absolute atomic E-state index is 13.9. The van der Waals surface area contributed by atoms with Gasteiger partial charge in [0.1, 0.15) is 17.0 Å². The van der Waals surface area contributed by atoms with Gasteiger partial charge in [-0.2, -0.15) is 4.39 Å². The second-order valence-corrected chi connectivity index (χ2v) is 8.81. The molecule has 34 heavy (non-hydrogen) atoms. The van der Waals surface area contributed by atoms with Gasteiger partial charge >= 0.3 is 0 Å². The summed E-state index contributed by atoms with van der Waals surface area (Å²) in [6, 6.07) is 5.50. The Hall–Kier alpha value is -3.53. The van der Waals surface area contributed by atoms with Gasteiger partial charge in [0, 0.05) is 32.1 Å². The van der Waals surface area contributed by atoms with E-state index in [1.165, 1.54) is 18.3 Å². The summed E-state index contributed by atoms with van der Waals surface area (Å²) in [6.45, 7) is 0. The fourth-order valence-electron chi connectivity index (χ4n) is 4.04. The maximum atomic E-state index is 13.9. The van der Waals surface area contributed by atoms with Gasteiger partial charge in [0.15, 0.2) is 5.58 Å². The highest BCUT2D eigenvalue weighted by atomic mass is 35.5. The van der Waals surface area contributed by atoms with E-state index >= 15 is 0 Å². The molecule has 0 unspecified atom stereocenters. The van der Waals surface area contributed by atoms with Crippen molar-refractivity contribution in [2.75, 3.05) is 24.7 Å². The smallest absolute Gasteiger partial charge is 0.294 e. The maximum Gasteiger partial charge on any atom is 0.294 e. The van der Waals surface area contributed by atoms with Crippen molar-refractivity contribution in [3.8, 4) is 0 Å². The Morgan fingerprint density at radius 1 is 1.06 bits per heavy atom. The summed E-state index contributed by atoms with van der Waals surface area (Å²) in [6.07, 6.45) is 3.58. The second kappa shape index (κ2) is 9.76. The first-order valence-corrected chi connectivity index (χ1v) is 11.1. The van der Waals surface area contributed by atoms with E-state index in [9.17, 15) is 18.8 Å². The van der Waals surface area contributed by atoms with E-state index in [1.54, 1.807) is 25.1 Å². The molecule has 1 saturated carbocycles. The van der Waals surface area contributed by atoms with Crippen LogP contribution in [0, 0.1) is 17.8 Å². The molecule has 2 N–H and O–H groups in total. The second-order valence-electron chi connectivity index (χ2n) is 8.37. The van der Waals surface area contributed by atoms with E-state index in [0.29, 0.717) is 30.7 Å². The molecule has 3 aromatic rings. The number of nitrogens with one attached hydrogen (secondary N) is 2. The van der Waals surface area contributed by atoms with Crippen LogP contribution in [0.15, 0.2) is 34.9 Å². The van der Waals surface area contributed by atoms with Crippen molar-refractivity contribution in [1.29, 1.82) is 0 Å². The largest absolute Gasteiger partial charge is 0.447 e. The van der Waals surface area contributed by atoms with Gasteiger partial charge in [-0.1, -0.05) is 11.6 Å². The fraction of sp³-hybridized carbons (Fsp3) is 0.348. The number of hydrogen-bond acceptors (Lipinski definition) is 6. The van der Waals surface area contributed by atoms with Crippen LogP contribution in [-0.4, -0.2) is 46.7 Å². The molecule has 1 aliphatic rings. The van der Waals surface area contributed by atoms with Gasteiger partial charge in [0.25, 0.3) is 5.91 Å². The third kappa shape index (κ3) is 5.01. The molecule has 4 rings (SSSR count). The molecule has 1 fully saturated rings. The average molecular weight is 488 g/mol. The summed E-state index contributed by atoms with van der Waals surface area (Å²) in [5.41, 5.74) is 0.155. The molecular formula is C23H23ClFN5O4. The zero-order valence-corrected chi connectivity index (χ0v) is 19.4. The monoisotopic (exact) mass is 487 g/mol. The molecule has 178 valence electrons. The van der Waals surface area contributed by atoms with Crippen LogP contribution in [0.2, 0.25) is 5.02 Å². The average Bonchev–Trinajstić information content (AvgIpc) is 3.17. The number of fused-ring (bicyclic) bond motifs is 1. The Morgan fingerprint density at radius 2 is 1.76 bits per heavy atom. The summed E-state index contributed by atoms with van der Waals surface area (Å²) in [7, 11) is 3.42. The summed E-state index contributed by atoms with van der Waals surface area (Å²) < 4.78 is 19.5. The minimum atomic E-state index is -0.780. The van der Waals surface area contributed by atoms with E-state index < -0.39 is 11.9 Å². The van der Waals surface area contributed by atoms with Crippen LogP contribution >= 0.6 is 11.6 Å². The quantitative estimate of drug-likeness (QED) is 0.523. The molecule has 3 amide bonds. The minimum absolute atomic E-state index is 0.0162. The first-order chi connectivity index (χ1) is 16.2. The lowest BCUT2D eigenvalue weighted by atomic mass is 9.81. The van der Waals surface area contributed by atoms with Gasteiger partial charge in [-0.25, -0.2) is 9.97 Å². The fourth-order valence-corrected chi connectivity index (χ4v) is 4.16. The van der Waals surface area contributed by atoms with Crippen LogP contribution in [0.3, 0.4) is 0 Å². The van der Waals surface area contributed by atoms with Crippen LogP contribution in [0.25, 0.3) is 11.1 Å². The third-order valence-corrected chi connectivity index (χ3v) is 6.04. The normalized spacial score (nSPS) is 17.9. The molecule has 11 heteroatoms. The summed E-state index contributed by atoms with van der Waals surface area (Å²) in [4.78, 5) is 47.6. The molecule has 9 nitrogen and oxygen atoms in total. The van der Waals surface area contributed by atoms with E-state index in [-0.39, 0.29) is 52.0 Å². The molecule has 0 atom stereocenters. The van der Waals surface area contributed by atoms with Crippen LogP contribution in [0.1, 0.15) is 36.2 Å². The highest BCUT2D eigenvalue weighted by Crippen LogP contribution is 2.34. The number of carbonyl (C=O) groups excluding carboxylic acids is 3.